The van der Waals surface area contributed by atoms with Crippen LogP contribution in [0.4, 0.5) is 0 Å². The fourth-order valence-electron chi connectivity index (χ4n) is 2.33. The average molecular weight is 290 g/mol. The second-order valence-corrected chi connectivity index (χ2v) is 5.59. The Morgan fingerprint density at radius 2 is 2.29 bits per heavy atom. The van der Waals surface area contributed by atoms with Gasteiger partial charge in [0.2, 0.25) is 11.8 Å². The Kier molecular flexibility index (Phi) is 5.27. The van der Waals surface area contributed by atoms with Gasteiger partial charge < -0.3 is 15.1 Å². The normalized spacial score (nSPS) is 18.3. The molecule has 1 N–H and O–H groups in total. The van der Waals surface area contributed by atoms with Gasteiger partial charge in [-0.05, 0) is 26.2 Å². The highest BCUT2D eigenvalue weighted by Gasteiger charge is 2.34. The molecule has 1 aromatic rings. The number of nitrogens with zero attached hydrogens (tertiary/aromatic N) is 3. The van der Waals surface area contributed by atoms with Crippen LogP contribution in [0.2, 0.25) is 0 Å². The van der Waals surface area contributed by atoms with Crippen molar-refractivity contribution in [1.82, 2.24) is 20.1 Å². The summed E-state index contributed by atoms with van der Waals surface area (Å²) in [6.45, 7) is 2.35. The highest BCUT2D eigenvalue weighted by Crippen LogP contribution is 2.19. The molecule has 1 aliphatic heterocycles. The molecular formula is C15H22N4O2. The van der Waals surface area contributed by atoms with Gasteiger partial charge in [-0.2, -0.15) is 0 Å². The summed E-state index contributed by atoms with van der Waals surface area (Å²) in [5.41, 5.74) is 0.847. The van der Waals surface area contributed by atoms with E-state index in [4.69, 9.17) is 0 Å². The number of hydrogen-bond acceptors (Lipinski definition) is 4. The molecule has 1 unspecified atom stereocenters. The van der Waals surface area contributed by atoms with E-state index in [1.807, 2.05) is 37.2 Å². The van der Waals surface area contributed by atoms with Crippen molar-refractivity contribution in [2.24, 2.45) is 5.92 Å². The Balaban J connectivity index is 1.83. The van der Waals surface area contributed by atoms with Gasteiger partial charge in [-0.1, -0.05) is 6.07 Å². The molecule has 1 aliphatic rings. The molecule has 0 saturated carbocycles. The zero-order valence-electron chi connectivity index (χ0n) is 12.6. The van der Waals surface area contributed by atoms with Crippen molar-refractivity contribution < 1.29 is 9.59 Å². The zero-order chi connectivity index (χ0) is 15.2. The van der Waals surface area contributed by atoms with E-state index in [-0.39, 0.29) is 17.7 Å². The third-order valence-corrected chi connectivity index (χ3v) is 3.52. The molecule has 2 heterocycles. The molecule has 1 atom stereocenters. The zero-order valence-corrected chi connectivity index (χ0v) is 12.6. The van der Waals surface area contributed by atoms with E-state index in [0.717, 1.165) is 12.2 Å². The standard InChI is InChI=1S/C15H22N4O2/c1-18(2)8-7-17-15(21)12-9-14(20)19(10-12)11-13-5-3-4-6-16-13/h3-6,12H,7-11H2,1-2H3,(H,17,21). The first-order chi connectivity index (χ1) is 10.1. The highest BCUT2D eigenvalue weighted by molar-refractivity contribution is 5.89. The van der Waals surface area contributed by atoms with E-state index >= 15 is 0 Å². The Morgan fingerprint density at radius 1 is 1.48 bits per heavy atom. The number of amides is 2. The molecule has 0 aromatic carbocycles. The van der Waals surface area contributed by atoms with Crippen LogP contribution < -0.4 is 5.32 Å². The largest absolute Gasteiger partial charge is 0.355 e. The molecule has 0 spiro atoms. The van der Waals surface area contributed by atoms with E-state index in [9.17, 15) is 9.59 Å². The van der Waals surface area contributed by atoms with Crippen LogP contribution in [0.1, 0.15) is 12.1 Å². The second-order valence-electron chi connectivity index (χ2n) is 5.59. The molecule has 114 valence electrons. The lowest BCUT2D eigenvalue weighted by atomic mass is 10.1. The maximum atomic E-state index is 12.0. The van der Waals surface area contributed by atoms with Crippen molar-refractivity contribution in [3.8, 4) is 0 Å². The van der Waals surface area contributed by atoms with Crippen molar-refractivity contribution in [2.75, 3.05) is 33.7 Å². The number of likely N-dealkylation sites (tertiary alicyclic amines) is 1. The minimum Gasteiger partial charge on any atom is -0.355 e. The summed E-state index contributed by atoms with van der Waals surface area (Å²) < 4.78 is 0. The smallest absolute Gasteiger partial charge is 0.225 e. The summed E-state index contributed by atoms with van der Waals surface area (Å²) in [5.74, 6) is -0.259. The minimum atomic E-state index is -0.247. The van der Waals surface area contributed by atoms with Gasteiger partial charge in [0.15, 0.2) is 0 Å². The van der Waals surface area contributed by atoms with Crippen molar-refractivity contribution in [3.05, 3.63) is 30.1 Å². The number of rotatable bonds is 6. The number of nitrogens with one attached hydrogen (secondary N) is 1. The van der Waals surface area contributed by atoms with Gasteiger partial charge in [-0.3, -0.25) is 14.6 Å². The Hall–Kier alpha value is -1.95. The topological polar surface area (TPSA) is 65.5 Å². The van der Waals surface area contributed by atoms with Gasteiger partial charge in [0.05, 0.1) is 18.2 Å². The molecule has 2 rings (SSSR count). The summed E-state index contributed by atoms with van der Waals surface area (Å²) in [6, 6.07) is 5.63. The van der Waals surface area contributed by atoms with Gasteiger partial charge >= 0.3 is 0 Å². The van der Waals surface area contributed by atoms with Crippen molar-refractivity contribution in [3.63, 3.8) is 0 Å². The quantitative estimate of drug-likeness (QED) is 0.807. The van der Waals surface area contributed by atoms with Gasteiger partial charge in [-0.15, -0.1) is 0 Å². The fraction of sp³-hybridized carbons (Fsp3) is 0.533. The highest BCUT2D eigenvalue weighted by atomic mass is 16.2. The van der Waals surface area contributed by atoms with Crippen LogP contribution in [-0.4, -0.2) is 60.3 Å². The number of carbonyl (C=O) groups is 2. The number of likely N-dealkylation sites (N-methyl/N-ethyl adjacent to an activating group) is 1. The first-order valence-electron chi connectivity index (χ1n) is 7.16. The van der Waals surface area contributed by atoms with Crippen LogP contribution in [0.5, 0.6) is 0 Å². The number of aromatic nitrogens is 1. The van der Waals surface area contributed by atoms with Crippen LogP contribution in [0.3, 0.4) is 0 Å². The molecule has 21 heavy (non-hydrogen) atoms. The van der Waals surface area contributed by atoms with Crippen LogP contribution in [0.15, 0.2) is 24.4 Å². The summed E-state index contributed by atoms with van der Waals surface area (Å²) >= 11 is 0. The number of pyridine rings is 1. The average Bonchev–Trinajstić information content (AvgIpc) is 2.81. The van der Waals surface area contributed by atoms with Crippen LogP contribution in [0, 0.1) is 5.92 Å². The first kappa shape index (κ1) is 15.4. The van der Waals surface area contributed by atoms with Crippen molar-refractivity contribution >= 4 is 11.8 Å². The van der Waals surface area contributed by atoms with E-state index in [2.05, 4.69) is 10.3 Å². The first-order valence-corrected chi connectivity index (χ1v) is 7.16. The predicted molar refractivity (Wildman–Crippen MR) is 79.3 cm³/mol. The third kappa shape index (κ3) is 4.53. The molecule has 2 amide bonds. The van der Waals surface area contributed by atoms with E-state index in [0.29, 0.717) is 26.1 Å². The van der Waals surface area contributed by atoms with Gasteiger partial charge in [0, 0.05) is 32.3 Å². The monoisotopic (exact) mass is 290 g/mol. The SMILES string of the molecule is CN(C)CCNC(=O)C1CC(=O)N(Cc2ccccn2)C1. The summed E-state index contributed by atoms with van der Waals surface area (Å²) in [4.78, 5) is 32.0. The molecule has 1 fully saturated rings. The predicted octanol–water partition coefficient (Wildman–Crippen LogP) is 0.108. The Morgan fingerprint density at radius 3 is 2.95 bits per heavy atom. The summed E-state index contributed by atoms with van der Waals surface area (Å²) in [6.07, 6.45) is 2.00. The van der Waals surface area contributed by atoms with Crippen LogP contribution in [-0.2, 0) is 16.1 Å². The van der Waals surface area contributed by atoms with Crippen LogP contribution >= 0.6 is 0 Å². The molecular weight excluding hydrogens is 268 g/mol. The van der Waals surface area contributed by atoms with Gasteiger partial charge in [-0.25, -0.2) is 0 Å². The second kappa shape index (κ2) is 7.17. The Labute approximate surface area is 125 Å². The molecule has 0 aliphatic carbocycles. The molecule has 6 heteroatoms. The fourth-order valence-corrected chi connectivity index (χ4v) is 2.33. The lowest BCUT2D eigenvalue weighted by molar-refractivity contribution is -0.129. The molecule has 1 saturated heterocycles. The molecule has 6 nitrogen and oxygen atoms in total. The van der Waals surface area contributed by atoms with Crippen molar-refractivity contribution in [1.29, 1.82) is 0 Å². The maximum absolute atomic E-state index is 12.0. The minimum absolute atomic E-state index is 0.0217. The van der Waals surface area contributed by atoms with E-state index in [1.54, 1.807) is 11.1 Å². The maximum Gasteiger partial charge on any atom is 0.225 e. The molecule has 1 aromatic heterocycles. The lowest BCUT2D eigenvalue weighted by Crippen LogP contribution is -2.36. The van der Waals surface area contributed by atoms with E-state index < -0.39 is 0 Å². The van der Waals surface area contributed by atoms with Crippen LogP contribution in [0.25, 0.3) is 0 Å². The molecule has 0 radical (unpaired) electrons. The Bertz CT molecular complexity index is 490. The van der Waals surface area contributed by atoms with Gasteiger partial charge in [0.1, 0.15) is 0 Å². The summed E-state index contributed by atoms with van der Waals surface area (Å²) in [5, 5.41) is 2.89. The van der Waals surface area contributed by atoms with Gasteiger partial charge in [0.25, 0.3) is 0 Å². The number of hydrogen-bond donors (Lipinski definition) is 1. The van der Waals surface area contributed by atoms with Crippen molar-refractivity contribution in [2.45, 2.75) is 13.0 Å². The summed E-state index contributed by atoms with van der Waals surface area (Å²) in [7, 11) is 3.92. The lowest BCUT2D eigenvalue weighted by Gasteiger charge is -2.16. The third-order valence-electron chi connectivity index (χ3n) is 3.52. The molecule has 0 bridgehead atoms. The van der Waals surface area contributed by atoms with E-state index in [1.165, 1.54) is 0 Å². The number of carbonyl (C=O) groups excluding carboxylic acids is 2.